The minimum Gasteiger partial charge on any atom is -0.103 e. The molecule has 1 aliphatic rings. The molecular formula is C19H28. The van der Waals surface area contributed by atoms with Gasteiger partial charge in [0.05, 0.1) is 0 Å². The summed E-state index contributed by atoms with van der Waals surface area (Å²) < 4.78 is 0. The molecule has 0 aromatic rings. The molecular weight excluding hydrogens is 228 g/mol. The Morgan fingerprint density at radius 1 is 0.895 bits per heavy atom. The van der Waals surface area contributed by atoms with Gasteiger partial charge < -0.3 is 0 Å². The fraction of sp³-hybridized carbons (Fsp3) is 0.474. The Balaban J connectivity index is 2.95. The maximum Gasteiger partial charge on any atom is -0.00414 e. The van der Waals surface area contributed by atoms with Gasteiger partial charge in [-0.05, 0) is 62.4 Å². The van der Waals surface area contributed by atoms with Crippen LogP contribution in [-0.2, 0) is 0 Å². The van der Waals surface area contributed by atoms with E-state index >= 15 is 0 Å². The van der Waals surface area contributed by atoms with Crippen LogP contribution in [0.3, 0.4) is 0 Å². The first-order chi connectivity index (χ1) is 9.29. The lowest BCUT2D eigenvalue weighted by molar-refractivity contribution is 0.287. The molecule has 19 heavy (non-hydrogen) atoms. The lowest BCUT2D eigenvalue weighted by atomic mass is 9.68. The Hall–Kier alpha value is -1.30. The summed E-state index contributed by atoms with van der Waals surface area (Å²) in [5, 5.41) is 0. The van der Waals surface area contributed by atoms with Gasteiger partial charge in [-0.3, -0.25) is 0 Å². The third-order valence-corrected chi connectivity index (χ3v) is 4.09. The van der Waals surface area contributed by atoms with E-state index in [1.807, 2.05) is 18.2 Å². The summed E-state index contributed by atoms with van der Waals surface area (Å²) in [6.45, 7) is 11.7. The topological polar surface area (TPSA) is 0 Å². The molecule has 0 saturated heterocycles. The van der Waals surface area contributed by atoms with Crippen molar-refractivity contribution in [1.82, 2.24) is 0 Å². The summed E-state index contributed by atoms with van der Waals surface area (Å²) in [6, 6.07) is 0. The summed E-state index contributed by atoms with van der Waals surface area (Å²) in [7, 11) is 0. The molecule has 0 atom stereocenters. The molecule has 0 radical (unpaired) electrons. The van der Waals surface area contributed by atoms with E-state index in [1.54, 1.807) is 0 Å². The van der Waals surface area contributed by atoms with Crippen LogP contribution in [0.1, 0.15) is 51.4 Å². The van der Waals surface area contributed by atoms with E-state index in [9.17, 15) is 0 Å². The monoisotopic (exact) mass is 256 g/mol. The lowest BCUT2D eigenvalue weighted by Crippen LogP contribution is -2.23. The van der Waals surface area contributed by atoms with Crippen molar-refractivity contribution in [3.05, 3.63) is 61.8 Å². The van der Waals surface area contributed by atoms with Crippen LogP contribution in [0.5, 0.6) is 0 Å². The zero-order chi connectivity index (χ0) is 14.0. The minimum atomic E-state index is 0.285. The predicted octanol–water partition coefficient (Wildman–Crippen LogP) is 6.15. The Bertz CT molecular complexity index is 323. The average Bonchev–Trinajstić information content (AvgIpc) is 2.48. The van der Waals surface area contributed by atoms with E-state index in [0.717, 1.165) is 19.3 Å². The number of hydrogen-bond acceptors (Lipinski definition) is 0. The molecule has 0 heterocycles. The van der Waals surface area contributed by atoms with Gasteiger partial charge >= 0.3 is 0 Å². The largest absolute Gasteiger partial charge is 0.103 e. The van der Waals surface area contributed by atoms with Crippen molar-refractivity contribution in [1.29, 1.82) is 0 Å². The molecule has 0 aliphatic heterocycles. The van der Waals surface area contributed by atoms with Gasteiger partial charge in [0.2, 0.25) is 0 Å². The van der Waals surface area contributed by atoms with Gasteiger partial charge in [-0.1, -0.05) is 36.5 Å². The highest BCUT2D eigenvalue weighted by atomic mass is 14.3. The van der Waals surface area contributed by atoms with Crippen molar-refractivity contribution in [3.8, 4) is 0 Å². The standard InChI is InChI=1S/C19H28/c1-4-7-15-19(16-8-5-2,17-9-6-3)18-13-11-10-12-14-18/h4-6,11,13-14H,1-3,7-10,12,15-17H2. The molecule has 0 amide bonds. The van der Waals surface area contributed by atoms with Gasteiger partial charge in [0.25, 0.3) is 0 Å². The first kappa shape index (κ1) is 15.8. The molecule has 104 valence electrons. The molecule has 1 rings (SSSR count). The zero-order valence-corrected chi connectivity index (χ0v) is 12.2. The average molecular weight is 256 g/mol. The molecule has 0 heteroatoms. The summed E-state index contributed by atoms with van der Waals surface area (Å²) in [5.41, 5.74) is 1.82. The van der Waals surface area contributed by atoms with Gasteiger partial charge in [0.15, 0.2) is 0 Å². The quantitative estimate of drug-likeness (QED) is 0.411. The maximum absolute atomic E-state index is 3.89. The molecule has 0 fully saturated rings. The zero-order valence-electron chi connectivity index (χ0n) is 12.2. The Morgan fingerprint density at radius 3 is 1.79 bits per heavy atom. The van der Waals surface area contributed by atoms with Crippen LogP contribution in [0.15, 0.2) is 61.8 Å². The molecule has 0 nitrogen and oxygen atoms in total. The number of rotatable bonds is 10. The van der Waals surface area contributed by atoms with Gasteiger partial charge in [-0.2, -0.15) is 0 Å². The van der Waals surface area contributed by atoms with Crippen molar-refractivity contribution in [3.63, 3.8) is 0 Å². The van der Waals surface area contributed by atoms with E-state index < -0.39 is 0 Å². The molecule has 0 aromatic carbocycles. The number of allylic oxidation sites excluding steroid dienone is 7. The minimum absolute atomic E-state index is 0.285. The van der Waals surface area contributed by atoms with Crippen LogP contribution in [0, 0.1) is 5.41 Å². The Kier molecular flexibility index (Phi) is 7.25. The fourth-order valence-corrected chi connectivity index (χ4v) is 2.95. The van der Waals surface area contributed by atoms with Crippen LogP contribution >= 0.6 is 0 Å². The highest BCUT2D eigenvalue weighted by molar-refractivity contribution is 5.30. The van der Waals surface area contributed by atoms with Gasteiger partial charge in [-0.15, -0.1) is 19.7 Å². The van der Waals surface area contributed by atoms with E-state index in [2.05, 4.69) is 38.0 Å². The van der Waals surface area contributed by atoms with Crippen LogP contribution in [0.4, 0.5) is 0 Å². The molecule has 0 spiro atoms. The van der Waals surface area contributed by atoms with Crippen molar-refractivity contribution in [2.24, 2.45) is 5.41 Å². The van der Waals surface area contributed by atoms with Crippen molar-refractivity contribution in [2.75, 3.05) is 0 Å². The van der Waals surface area contributed by atoms with Crippen molar-refractivity contribution >= 4 is 0 Å². The molecule has 0 unspecified atom stereocenters. The highest BCUT2D eigenvalue weighted by Gasteiger charge is 2.31. The van der Waals surface area contributed by atoms with Crippen LogP contribution in [0.25, 0.3) is 0 Å². The first-order valence-electron chi connectivity index (χ1n) is 7.49. The second kappa shape index (κ2) is 8.74. The van der Waals surface area contributed by atoms with Gasteiger partial charge in [-0.25, -0.2) is 0 Å². The van der Waals surface area contributed by atoms with E-state index in [-0.39, 0.29) is 5.41 Å². The lowest BCUT2D eigenvalue weighted by Gasteiger charge is -2.36. The first-order valence-corrected chi connectivity index (χ1v) is 7.49. The smallest absolute Gasteiger partial charge is 0.00414 e. The van der Waals surface area contributed by atoms with Crippen molar-refractivity contribution in [2.45, 2.75) is 51.4 Å². The molecule has 0 saturated carbocycles. The SMILES string of the molecule is C=CCCC(CCC=C)(CCC=C)C1=CCCC=C1. The van der Waals surface area contributed by atoms with E-state index in [4.69, 9.17) is 0 Å². The van der Waals surface area contributed by atoms with E-state index in [0.29, 0.717) is 0 Å². The van der Waals surface area contributed by atoms with Crippen molar-refractivity contribution < 1.29 is 0 Å². The number of hydrogen-bond donors (Lipinski definition) is 0. The van der Waals surface area contributed by atoms with Crippen LogP contribution < -0.4 is 0 Å². The molecule has 0 aromatic heterocycles. The van der Waals surface area contributed by atoms with E-state index in [1.165, 1.54) is 37.7 Å². The summed E-state index contributed by atoms with van der Waals surface area (Å²) in [4.78, 5) is 0. The molecule has 1 aliphatic carbocycles. The van der Waals surface area contributed by atoms with Crippen LogP contribution in [0.2, 0.25) is 0 Å². The maximum atomic E-state index is 3.89. The normalized spacial score (nSPS) is 14.8. The molecule has 0 N–H and O–H groups in total. The van der Waals surface area contributed by atoms with Crippen LogP contribution in [-0.4, -0.2) is 0 Å². The second-order valence-electron chi connectivity index (χ2n) is 5.40. The van der Waals surface area contributed by atoms with Gasteiger partial charge in [0.1, 0.15) is 0 Å². The Morgan fingerprint density at radius 2 is 1.42 bits per heavy atom. The third-order valence-electron chi connectivity index (χ3n) is 4.09. The highest BCUT2D eigenvalue weighted by Crippen LogP contribution is 2.44. The summed E-state index contributed by atoms with van der Waals surface area (Å²) in [6.07, 6.45) is 22.4. The Labute approximate surface area is 119 Å². The molecule has 0 bridgehead atoms. The third kappa shape index (κ3) is 4.70. The fourth-order valence-electron chi connectivity index (χ4n) is 2.95. The van der Waals surface area contributed by atoms with Gasteiger partial charge in [0, 0.05) is 0 Å². The summed E-state index contributed by atoms with van der Waals surface area (Å²) in [5.74, 6) is 0. The second-order valence-corrected chi connectivity index (χ2v) is 5.40. The predicted molar refractivity (Wildman–Crippen MR) is 87.2 cm³/mol. The summed E-state index contributed by atoms with van der Waals surface area (Å²) >= 11 is 0.